The zero-order chi connectivity index (χ0) is 12.7. The molecule has 1 nitrogen and oxygen atoms in total. The average Bonchev–Trinajstić information content (AvgIpc) is 2.37. The van der Waals surface area contributed by atoms with E-state index in [-0.39, 0.29) is 0 Å². The van der Waals surface area contributed by atoms with Gasteiger partial charge in [0.25, 0.3) is 0 Å². The SMILES string of the molecule is CC/C=C(\CCC)c1ccc(C#N)c(CC)c1. The minimum absolute atomic E-state index is 0.809. The summed E-state index contributed by atoms with van der Waals surface area (Å²) in [5.74, 6) is 0. The van der Waals surface area contributed by atoms with E-state index in [1.54, 1.807) is 0 Å². The summed E-state index contributed by atoms with van der Waals surface area (Å²) in [5, 5.41) is 9.02. The first-order valence-corrected chi connectivity index (χ1v) is 6.49. The van der Waals surface area contributed by atoms with Crippen molar-refractivity contribution in [1.29, 1.82) is 5.26 Å². The number of aryl methyl sites for hydroxylation is 1. The van der Waals surface area contributed by atoms with Crippen molar-refractivity contribution >= 4 is 5.57 Å². The molecular weight excluding hydrogens is 206 g/mol. The van der Waals surface area contributed by atoms with E-state index in [2.05, 4.69) is 45.0 Å². The molecule has 1 aromatic carbocycles. The Hall–Kier alpha value is -1.55. The maximum atomic E-state index is 9.02. The largest absolute Gasteiger partial charge is 0.192 e. The zero-order valence-corrected chi connectivity index (χ0v) is 11.1. The Morgan fingerprint density at radius 2 is 2.06 bits per heavy atom. The number of nitrogens with zero attached hydrogens (tertiary/aromatic N) is 1. The van der Waals surface area contributed by atoms with Gasteiger partial charge in [-0.1, -0.05) is 45.4 Å². The van der Waals surface area contributed by atoms with Crippen LogP contribution in [-0.2, 0) is 6.42 Å². The lowest BCUT2D eigenvalue weighted by molar-refractivity contribution is 0.966. The van der Waals surface area contributed by atoms with Gasteiger partial charge >= 0.3 is 0 Å². The molecule has 0 bridgehead atoms. The van der Waals surface area contributed by atoms with Gasteiger partial charge in [0.2, 0.25) is 0 Å². The first-order chi connectivity index (χ1) is 8.26. The smallest absolute Gasteiger partial charge is 0.0994 e. The monoisotopic (exact) mass is 227 g/mol. The Bertz CT molecular complexity index is 435. The number of allylic oxidation sites excluding steroid dienone is 2. The summed E-state index contributed by atoms with van der Waals surface area (Å²) in [7, 11) is 0. The third kappa shape index (κ3) is 3.46. The van der Waals surface area contributed by atoms with Crippen molar-refractivity contribution in [3.05, 3.63) is 41.0 Å². The lowest BCUT2D eigenvalue weighted by Gasteiger charge is -2.09. The topological polar surface area (TPSA) is 23.8 Å². The van der Waals surface area contributed by atoms with Gasteiger partial charge in [0.05, 0.1) is 11.6 Å². The second-order valence-corrected chi connectivity index (χ2v) is 4.22. The minimum Gasteiger partial charge on any atom is -0.192 e. The normalized spacial score (nSPS) is 11.3. The van der Waals surface area contributed by atoms with Gasteiger partial charge in [0.1, 0.15) is 0 Å². The van der Waals surface area contributed by atoms with E-state index >= 15 is 0 Å². The van der Waals surface area contributed by atoms with E-state index in [4.69, 9.17) is 5.26 Å². The van der Waals surface area contributed by atoms with Crippen LogP contribution in [0.1, 0.15) is 56.7 Å². The lowest BCUT2D eigenvalue weighted by atomic mass is 9.95. The molecule has 0 aliphatic rings. The summed E-state index contributed by atoms with van der Waals surface area (Å²) in [6, 6.07) is 8.46. The number of hydrogen-bond acceptors (Lipinski definition) is 1. The molecule has 0 atom stereocenters. The standard InChI is InChI=1S/C16H21N/c1-4-7-14(8-5-2)15-9-10-16(12-17)13(6-3)11-15/h7,9-11H,4-6,8H2,1-3H3/b14-7+. The first kappa shape index (κ1) is 13.5. The van der Waals surface area contributed by atoms with Gasteiger partial charge in [0, 0.05) is 0 Å². The van der Waals surface area contributed by atoms with Crippen LogP contribution in [0.2, 0.25) is 0 Å². The van der Waals surface area contributed by atoms with Crippen LogP contribution in [0.3, 0.4) is 0 Å². The summed E-state index contributed by atoms with van der Waals surface area (Å²) in [5.41, 5.74) is 4.66. The Morgan fingerprint density at radius 3 is 2.59 bits per heavy atom. The van der Waals surface area contributed by atoms with Crippen molar-refractivity contribution < 1.29 is 0 Å². The summed E-state index contributed by atoms with van der Waals surface area (Å²) in [4.78, 5) is 0. The maximum absolute atomic E-state index is 9.02. The van der Waals surface area contributed by atoms with Crippen molar-refractivity contribution in [2.75, 3.05) is 0 Å². The first-order valence-electron chi connectivity index (χ1n) is 6.49. The summed E-state index contributed by atoms with van der Waals surface area (Å²) >= 11 is 0. The lowest BCUT2D eigenvalue weighted by Crippen LogP contribution is -1.92. The molecule has 90 valence electrons. The Labute approximate surface area is 105 Å². The van der Waals surface area contributed by atoms with Gasteiger partial charge in [-0.05, 0) is 42.0 Å². The molecule has 0 N–H and O–H groups in total. The van der Waals surface area contributed by atoms with Crippen molar-refractivity contribution in [2.24, 2.45) is 0 Å². The van der Waals surface area contributed by atoms with Gasteiger partial charge in [-0.2, -0.15) is 5.26 Å². The van der Waals surface area contributed by atoms with E-state index in [9.17, 15) is 0 Å². The Kier molecular flexibility index (Phi) is 5.49. The summed E-state index contributed by atoms with van der Waals surface area (Å²) in [6.07, 6.45) is 6.56. The molecule has 0 unspecified atom stereocenters. The van der Waals surface area contributed by atoms with Crippen molar-refractivity contribution in [2.45, 2.75) is 46.5 Å². The zero-order valence-electron chi connectivity index (χ0n) is 11.1. The van der Waals surface area contributed by atoms with Crippen LogP contribution in [0.5, 0.6) is 0 Å². The molecule has 0 heterocycles. The van der Waals surface area contributed by atoms with Crippen molar-refractivity contribution in [3.63, 3.8) is 0 Å². The predicted molar refractivity (Wildman–Crippen MR) is 73.7 cm³/mol. The Morgan fingerprint density at radius 1 is 1.29 bits per heavy atom. The van der Waals surface area contributed by atoms with Gasteiger partial charge < -0.3 is 0 Å². The molecule has 0 radical (unpaired) electrons. The highest BCUT2D eigenvalue weighted by molar-refractivity contribution is 5.67. The van der Waals surface area contributed by atoms with E-state index < -0.39 is 0 Å². The van der Waals surface area contributed by atoms with Gasteiger partial charge in [0.15, 0.2) is 0 Å². The molecule has 0 aliphatic carbocycles. The molecule has 1 rings (SSSR count). The van der Waals surface area contributed by atoms with Gasteiger partial charge in [-0.15, -0.1) is 0 Å². The Balaban J connectivity index is 3.14. The molecular formula is C16H21N. The van der Waals surface area contributed by atoms with E-state index in [0.717, 1.165) is 36.8 Å². The molecule has 1 aromatic rings. The average molecular weight is 227 g/mol. The summed E-state index contributed by atoms with van der Waals surface area (Å²) in [6.45, 7) is 6.47. The fourth-order valence-corrected chi connectivity index (χ4v) is 2.08. The number of benzene rings is 1. The van der Waals surface area contributed by atoms with Gasteiger partial charge in [-0.25, -0.2) is 0 Å². The molecule has 0 saturated heterocycles. The van der Waals surface area contributed by atoms with Crippen molar-refractivity contribution in [3.8, 4) is 6.07 Å². The number of nitriles is 1. The second kappa shape index (κ2) is 6.91. The fourth-order valence-electron chi connectivity index (χ4n) is 2.08. The third-order valence-corrected chi connectivity index (χ3v) is 2.95. The molecule has 0 fully saturated rings. The fraction of sp³-hybridized carbons (Fsp3) is 0.438. The van der Waals surface area contributed by atoms with Crippen LogP contribution >= 0.6 is 0 Å². The molecule has 0 saturated carbocycles. The van der Waals surface area contributed by atoms with Crippen LogP contribution in [-0.4, -0.2) is 0 Å². The van der Waals surface area contributed by atoms with Crippen molar-refractivity contribution in [1.82, 2.24) is 0 Å². The van der Waals surface area contributed by atoms with Crippen LogP contribution in [0, 0.1) is 11.3 Å². The highest BCUT2D eigenvalue weighted by Gasteiger charge is 2.05. The van der Waals surface area contributed by atoms with E-state index in [1.165, 1.54) is 11.1 Å². The molecule has 0 aromatic heterocycles. The van der Waals surface area contributed by atoms with Crippen LogP contribution in [0.4, 0.5) is 0 Å². The van der Waals surface area contributed by atoms with Crippen LogP contribution < -0.4 is 0 Å². The van der Waals surface area contributed by atoms with Gasteiger partial charge in [-0.3, -0.25) is 0 Å². The predicted octanol–water partition coefficient (Wildman–Crippen LogP) is 4.71. The quantitative estimate of drug-likeness (QED) is 0.714. The molecule has 0 aliphatic heterocycles. The van der Waals surface area contributed by atoms with Crippen LogP contribution in [0.15, 0.2) is 24.3 Å². The highest BCUT2D eigenvalue weighted by Crippen LogP contribution is 2.23. The second-order valence-electron chi connectivity index (χ2n) is 4.22. The van der Waals surface area contributed by atoms with E-state index in [1.807, 2.05) is 6.07 Å². The van der Waals surface area contributed by atoms with Crippen LogP contribution in [0.25, 0.3) is 5.57 Å². The number of hydrogen-bond donors (Lipinski definition) is 0. The molecule has 1 heteroatoms. The van der Waals surface area contributed by atoms with E-state index in [0.29, 0.717) is 0 Å². The maximum Gasteiger partial charge on any atom is 0.0994 e. The molecule has 17 heavy (non-hydrogen) atoms. The summed E-state index contributed by atoms with van der Waals surface area (Å²) < 4.78 is 0. The number of rotatable bonds is 5. The molecule has 0 spiro atoms. The molecule has 0 amide bonds. The minimum atomic E-state index is 0.809. The third-order valence-electron chi connectivity index (χ3n) is 2.95. The highest BCUT2D eigenvalue weighted by atomic mass is 14.2.